The molecule has 0 aliphatic carbocycles. The summed E-state index contributed by atoms with van der Waals surface area (Å²) < 4.78 is 61.6. The summed E-state index contributed by atoms with van der Waals surface area (Å²) >= 11 is 0. The zero-order chi connectivity index (χ0) is 31.3. The predicted octanol–water partition coefficient (Wildman–Crippen LogP) is 4.90. The molecule has 4 rings (SSSR count). The Hall–Kier alpha value is -5.35. The summed E-state index contributed by atoms with van der Waals surface area (Å²) in [6.07, 6.45) is 0.814. The molecule has 0 saturated carbocycles. The molecule has 43 heavy (non-hydrogen) atoms. The molecule has 0 saturated heterocycles. The Balaban J connectivity index is 1.64. The number of nitrogens with zero attached hydrogens (tertiary/aromatic N) is 3. The molecule has 0 fully saturated rings. The highest BCUT2D eigenvalue weighted by Crippen LogP contribution is 2.37. The van der Waals surface area contributed by atoms with Crippen LogP contribution in [0.1, 0.15) is 33.5 Å². The Morgan fingerprint density at radius 1 is 1.12 bits per heavy atom. The van der Waals surface area contributed by atoms with Crippen LogP contribution in [0.3, 0.4) is 0 Å². The average molecular weight is 594 g/mol. The minimum absolute atomic E-state index is 0.0817. The second kappa shape index (κ2) is 12.7. The fourth-order valence-electron chi connectivity index (χ4n) is 4.01. The number of alkyl halides is 3. The SMILES string of the molecule is C#C[C@H](N)c1oc(-c2ccc(OC)c3nc(C(F)(F)F)ccc23)nc1C(=O)NCC(=C)N=C(OC)c1ccc(OC)cc1. The number of amides is 1. The first-order valence-electron chi connectivity index (χ1n) is 12.5. The first kappa shape index (κ1) is 30.6. The van der Waals surface area contributed by atoms with Gasteiger partial charge in [0.25, 0.3) is 5.91 Å². The van der Waals surface area contributed by atoms with Gasteiger partial charge in [0, 0.05) is 16.5 Å². The molecule has 0 unspecified atom stereocenters. The number of nitrogens with two attached hydrogens (primary N) is 1. The minimum Gasteiger partial charge on any atom is -0.497 e. The Labute approximate surface area is 244 Å². The average Bonchev–Trinajstić information content (AvgIpc) is 3.46. The second-order valence-corrected chi connectivity index (χ2v) is 8.88. The molecule has 2 aromatic carbocycles. The molecule has 1 atom stereocenters. The molecule has 0 bridgehead atoms. The standard InChI is InChI=1S/C30H26F3N5O5/c1-6-21(34)26-25(27(39)35-15-16(2)36-28(42-5)17-7-9-18(40-3)10-8-17)38-29(43-26)20-11-13-22(41-4)24-19(20)12-14-23(37-24)30(31,32)33/h1,7-14,21H,2,15,34H2,3-5H3,(H,35,39)/t21-/m0/s1. The van der Waals surface area contributed by atoms with E-state index in [1.54, 1.807) is 31.4 Å². The number of benzene rings is 2. The number of fused-ring (bicyclic) bond motifs is 1. The van der Waals surface area contributed by atoms with E-state index < -0.39 is 23.8 Å². The Morgan fingerprint density at radius 2 is 1.84 bits per heavy atom. The van der Waals surface area contributed by atoms with Crippen molar-refractivity contribution in [3.8, 4) is 35.3 Å². The summed E-state index contributed by atoms with van der Waals surface area (Å²) in [6, 6.07) is 10.8. The zero-order valence-electron chi connectivity index (χ0n) is 23.3. The predicted molar refractivity (Wildman–Crippen MR) is 153 cm³/mol. The summed E-state index contributed by atoms with van der Waals surface area (Å²) in [4.78, 5) is 25.6. The van der Waals surface area contributed by atoms with E-state index in [4.69, 9.17) is 30.8 Å². The summed E-state index contributed by atoms with van der Waals surface area (Å²) in [5, 5.41) is 2.87. The van der Waals surface area contributed by atoms with E-state index in [1.807, 2.05) is 0 Å². The monoisotopic (exact) mass is 593 g/mol. The molecule has 10 nitrogen and oxygen atoms in total. The van der Waals surface area contributed by atoms with Crippen molar-refractivity contribution >= 4 is 22.7 Å². The van der Waals surface area contributed by atoms with E-state index in [1.165, 1.54) is 32.4 Å². The van der Waals surface area contributed by atoms with Crippen molar-refractivity contribution in [3.63, 3.8) is 0 Å². The lowest BCUT2D eigenvalue weighted by atomic mass is 10.1. The second-order valence-electron chi connectivity index (χ2n) is 8.88. The highest BCUT2D eigenvalue weighted by molar-refractivity contribution is 5.98. The molecular formula is C30H26F3N5O5. The Bertz CT molecular complexity index is 1740. The van der Waals surface area contributed by atoms with E-state index in [9.17, 15) is 18.0 Å². The number of aliphatic imine (C=N–C) groups is 1. The van der Waals surface area contributed by atoms with Crippen molar-refractivity contribution in [1.82, 2.24) is 15.3 Å². The molecule has 2 heterocycles. The molecule has 0 spiro atoms. The van der Waals surface area contributed by atoms with Crippen molar-refractivity contribution in [2.75, 3.05) is 27.9 Å². The normalized spacial score (nSPS) is 12.4. The molecule has 222 valence electrons. The molecule has 2 aromatic heterocycles. The van der Waals surface area contributed by atoms with Gasteiger partial charge < -0.3 is 29.7 Å². The van der Waals surface area contributed by atoms with Crippen LogP contribution in [-0.4, -0.2) is 49.6 Å². The van der Waals surface area contributed by atoms with Gasteiger partial charge in [-0.1, -0.05) is 12.5 Å². The molecule has 0 radical (unpaired) electrons. The highest BCUT2D eigenvalue weighted by atomic mass is 19.4. The molecule has 0 aliphatic heterocycles. The van der Waals surface area contributed by atoms with Crippen molar-refractivity contribution in [2.45, 2.75) is 12.2 Å². The van der Waals surface area contributed by atoms with Gasteiger partial charge in [0.1, 0.15) is 28.8 Å². The summed E-state index contributed by atoms with van der Waals surface area (Å²) in [5.74, 6) is 2.36. The van der Waals surface area contributed by atoms with Crippen molar-refractivity contribution in [1.29, 1.82) is 0 Å². The third-order valence-corrected chi connectivity index (χ3v) is 6.13. The molecule has 13 heteroatoms. The van der Waals surface area contributed by atoms with E-state index in [2.05, 4.69) is 32.8 Å². The van der Waals surface area contributed by atoms with Crippen LogP contribution in [0.25, 0.3) is 22.4 Å². The smallest absolute Gasteiger partial charge is 0.433 e. The van der Waals surface area contributed by atoms with E-state index >= 15 is 0 Å². The first-order valence-corrected chi connectivity index (χ1v) is 12.5. The van der Waals surface area contributed by atoms with Gasteiger partial charge >= 0.3 is 6.18 Å². The lowest BCUT2D eigenvalue weighted by Crippen LogP contribution is -2.27. The quantitative estimate of drug-likeness (QED) is 0.159. The number of halogens is 3. The molecule has 3 N–H and O–H groups in total. The Morgan fingerprint density at radius 3 is 2.44 bits per heavy atom. The third kappa shape index (κ3) is 6.60. The van der Waals surface area contributed by atoms with E-state index in [-0.39, 0.29) is 57.7 Å². The number of hydrogen-bond donors (Lipinski definition) is 2. The van der Waals surface area contributed by atoms with Gasteiger partial charge in [-0.2, -0.15) is 13.2 Å². The minimum atomic E-state index is -4.68. The lowest BCUT2D eigenvalue weighted by Gasteiger charge is -2.11. The number of carbonyl (C=O) groups excluding carboxylic acids is 1. The van der Waals surface area contributed by atoms with Crippen LogP contribution >= 0.6 is 0 Å². The number of rotatable bonds is 9. The summed E-state index contributed by atoms with van der Waals surface area (Å²) in [5.41, 5.74) is 5.74. The van der Waals surface area contributed by atoms with Crippen LogP contribution in [0, 0.1) is 12.3 Å². The van der Waals surface area contributed by atoms with Crippen LogP contribution in [-0.2, 0) is 10.9 Å². The van der Waals surface area contributed by atoms with Crippen LogP contribution < -0.4 is 20.5 Å². The highest BCUT2D eigenvalue weighted by Gasteiger charge is 2.33. The maximum atomic E-state index is 13.3. The molecular weight excluding hydrogens is 567 g/mol. The van der Waals surface area contributed by atoms with Gasteiger partial charge in [-0.25, -0.2) is 15.0 Å². The van der Waals surface area contributed by atoms with Gasteiger partial charge in [0.2, 0.25) is 11.8 Å². The number of pyridine rings is 1. The fraction of sp³-hybridized carbons (Fsp3) is 0.200. The summed E-state index contributed by atoms with van der Waals surface area (Å²) in [7, 11) is 4.30. The number of carbonyl (C=O) groups is 1. The Kier molecular flexibility index (Phi) is 9.01. The maximum absolute atomic E-state index is 13.3. The maximum Gasteiger partial charge on any atom is 0.433 e. The largest absolute Gasteiger partial charge is 0.497 e. The number of methoxy groups -OCH3 is 3. The van der Waals surface area contributed by atoms with E-state index in [0.717, 1.165) is 6.07 Å². The molecule has 0 aliphatic rings. The first-order chi connectivity index (χ1) is 20.5. The topological polar surface area (TPSA) is 134 Å². The van der Waals surface area contributed by atoms with Gasteiger partial charge in [-0.05, 0) is 48.5 Å². The van der Waals surface area contributed by atoms with Gasteiger partial charge in [0.05, 0.1) is 33.6 Å². The molecule has 4 aromatic rings. The van der Waals surface area contributed by atoms with Crippen molar-refractivity contribution in [3.05, 3.63) is 83.5 Å². The number of oxazole rings is 1. The summed E-state index contributed by atoms with van der Waals surface area (Å²) in [6.45, 7) is 3.76. The van der Waals surface area contributed by atoms with E-state index in [0.29, 0.717) is 11.3 Å². The van der Waals surface area contributed by atoms with Crippen LogP contribution in [0.2, 0.25) is 0 Å². The number of nitrogens with one attached hydrogen (secondary N) is 1. The van der Waals surface area contributed by atoms with Crippen LogP contribution in [0.15, 0.2) is 70.2 Å². The van der Waals surface area contributed by atoms with Crippen molar-refractivity contribution in [2.24, 2.45) is 10.7 Å². The fourth-order valence-corrected chi connectivity index (χ4v) is 4.01. The zero-order valence-corrected chi connectivity index (χ0v) is 23.3. The van der Waals surface area contributed by atoms with Gasteiger partial charge in [-0.3, -0.25) is 4.79 Å². The van der Waals surface area contributed by atoms with Gasteiger partial charge in [0.15, 0.2) is 11.5 Å². The number of ether oxygens (including phenoxy) is 3. The van der Waals surface area contributed by atoms with Crippen LogP contribution in [0.5, 0.6) is 11.5 Å². The lowest BCUT2D eigenvalue weighted by molar-refractivity contribution is -0.140. The number of terminal acetylenes is 1. The number of aromatic nitrogens is 2. The van der Waals surface area contributed by atoms with Crippen LogP contribution in [0.4, 0.5) is 13.2 Å². The number of hydrogen-bond acceptors (Lipinski definition) is 9. The third-order valence-electron chi connectivity index (χ3n) is 6.13. The van der Waals surface area contributed by atoms with Crippen molar-refractivity contribution < 1.29 is 36.6 Å². The molecule has 1 amide bonds. The van der Waals surface area contributed by atoms with Gasteiger partial charge in [-0.15, -0.1) is 6.42 Å².